The Morgan fingerprint density at radius 1 is 0.922 bits per heavy atom. The van der Waals surface area contributed by atoms with Gasteiger partial charge in [-0.2, -0.15) is 0 Å². The number of rotatable bonds is 14. The summed E-state index contributed by atoms with van der Waals surface area (Å²) in [5.41, 5.74) is 2.15. The number of carbonyl (C=O) groups is 3. The average molecular weight is 707 g/mol. The van der Waals surface area contributed by atoms with Crippen LogP contribution in [0, 0.1) is 17.2 Å². The molecule has 1 saturated carbocycles. The van der Waals surface area contributed by atoms with E-state index >= 15 is 0 Å². The molecule has 0 radical (unpaired) electrons. The van der Waals surface area contributed by atoms with Crippen LogP contribution in [-0.4, -0.2) is 77.7 Å². The van der Waals surface area contributed by atoms with Crippen LogP contribution in [0.15, 0.2) is 66.9 Å². The second-order valence-electron chi connectivity index (χ2n) is 14.3. The Hall–Kier alpha value is -4.55. The number of hydrogen-bond acceptors (Lipinski definition) is 8. The summed E-state index contributed by atoms with van der Waals surface area (Å²) in [7, 11) is 2.75. The molecule has 3 amide bonds. The number of aromatic nitrogens is 1. The van der Waals surface area contributed by atoms with E-state index in [1.807, 2.05) is 30.3 Å². The fraction of sp³-hybridized carbons (Fsp3) is 0.487. The SMILES string of the molecule is COC(=O)N[C@H](C(=O)N[C@@H](Cc1ccc(-c2ccc(OC)nc2)cc1)[C@@H](O)C[C@@H](Cc1ccccc1F)C(=O)N[C@H]1CCCC[C@H]1O)C(C)(C)C. The number of aliphatic hydroxyl groups is 2. The minimum absolute atomic E-state index is 0.00183. The highest BCUT2D eigenvalue weighted by molar-refractivity contribution is 5.86. The van der Waals surface area contributed by atoms with E-state index in [2.05, 4.69) is 20.9 Å². The number of amides is 3. The highest BCUT2D eigenvalue weighted by Crippen LogP contribution is 2.26. The monoisotopic (exact) mass is 706 g/mol. The standard InChI is InChI=1S/C39H51FN4O7/c1-39(2,3)35(44-38(49)51-5)37(48)43-31(20-24-14-16-25(17-15-24)27-18-19-34(50-4)41-23-27)33(46)22-28(21-26-10-6-7-11-29(26)40)36(47)42-30-12-8-9-13-32(30)45/h6-7,10-11,14-19,23,28,30-33,35,45-46H,8-9,12-13,20-22H2,1-5H3,(H,42,47)(H,43,48)(H,44,49)/t28-,30+,31+,32-,33+,35-/m1/s1. The van der Waals surface area contributed by atoms with Crippen molar-refractivity contribution in [1.29, 1.82) is 0 Å². The summed E-state index contributed by atoms with van der Waals surface area (Å²) in [5.74, 6) is -1.82. The molecule has 51 heavy (non-hydrogen) atoms. The average Bonchev–Trinajstić information content (AvgIpc) is 3.11. The van der Waals surface area contributed by atoms with E-state index in [-0.39, 0.29) is 19.3 Å². The number of nitrogens with one attached hydrogen (secondary N) is 3. The Kier molecular flexibility index (Phi) is 13.9. The van der Waals surface area contributed by atoms with E-state index in [1.54, 1.807) is 58.3 Å². The highest BCUT2D eigenvalue weighted by atomic mass is 19.1. The number of benzene rings is 2. The molecule has 11 nitrogen and oxygen atoms in total. The number of methoxy groups -OCH3 is 2. The molecule has 4 rings (SSSR count). The summed E-state index contributed by atoms with van der Waals surface area (Å²) < 4.78 is 24.8. The zero-order chi connectivity index (χ0) is 37.1. The van der Waals surface area contributed by atoms with E-state index in [0.29, 0.717) is 24.3 Å². The predicted octanol–water partition coefficient (Wildman–Crippen LogP) is 4.72. The van der Waals surface area contributed by atoms with Crippen LogP contribution in [0.5, 0.6) is 5.88 Å². The molecule has 0 saturated heterocycles. The normalized spacial score (nSPS) is 18.4. The molecule has 0 unspecified atom stereocenters. The van der Waals surface area contributed by atoms with Crippen LogP contribution < -0.4 is 20.7 Å². The quantitative estimate of drug-likeness (QED) is 0.161. The topological polar surface area (TPSA) is 159 Å². The molecule has 276 valence electrons. The van der Waals surface area contributed by atoms with Gasteiger partial charge in [-0.05, 0) is 66.3 Å². The first-order valence-corrected chi connectivity index (χ1v) is 17.4. The number of carbonyl (C=O) groups excluding carboxylic acids is 3. The van der Waals surface area contributed by atoms with Gasteiger partial charge in [0.25, 0.3) is 0 Å². The van der Waals surface area contributed by atoms with Gasteiger partial charge in [0, 0.05) is 23.7 Å². The van der Waals surface area contributed by atoms with Crippen LogP contribution in [0.25, 0.3) is 11.1 Å². The molecule has 0 aliphatic heterocycles. The van der Waals surface area contributed by atoms with E-state index in [0.717, 1.165) is 29.5 Å². The molecule has 1 heterocycles. The molecule has 3 aromatic rings. The number of pyridine rings is 1. The third kappa shape index (κ3) is 11.2. The second-order valence-corrected chi connectivity index (χ2v) is 14.3. The van der Waals surface area contributed by atoms with Gasteiger partial charge < -0.3 is 35.6 Å². The Morgan fingerprint density at radius 2 is 1.61 bits per heavy atom. The maximum absolute atomic E-state index is 14.9. The molecule has 5 N–H and O–H groups in total. The summed E-state index contributed by atoms with van der Waals surface area (Å²) in [5, 5.41) is 30.9. The van der Waals surface area contributed by atoms with E-state index in [1.165, 1.54) is 13.2 Å². The van der Waals surface area contributed by atoms with Gasteiger partial charge in [0.15, 0.2) is 0 Å². The molecule has 1 aliphatic rings. The Labute approximate surface area is 299 Å². The fourth-order valence-electron chi connectivity index (χ4n) is 6.41. The molecule has 0 bridgehead atoms. The van der Waals surface area contributed by atoms with Crippen LogP contribution in [0.2, 0.25) is 0 Å². The van der Waals surface area contributed by atoms with Crippen molar-refractivity contribution in [2.24, 2.45) is 11.3 Å². The zero-order valence-corrected chi connectivity index (χ0v) is 30.0. The maximum Gasteiger partial charge on any atom is 0.407 e. The number of ether oxygens (including phenoxy) is 2. The van der Waals surface area contributed by atoms with Gasteiger partial charge in [0.2, 0.25) is 17.7 Å². The van der Waals surface area contributed by atoms with Gasteiger partial charge in [-0.15, -0.1) is 0 Å². The molecule has 1 aromatic heterocycles. The van der Waals surface area contributed by atoms with Crippen molar-refractivity contribution in [3.05, 3.63) is 83.8 Å². The minimum atomic E-state index is -1.27. The van der Waals surface area contributed by atoms with Gasteiger partial charge in [-0.25, -0.2) is 14.2 Å². The molecule has 6 atom stereocenters. The van der Waals surface area contributed by atoms with Crippen LogP contribution >= 0.6 is 0 Å². The van der Waals surface area contributed by atoms with Crippen molar-refractivity contribution in [2.45, 2.75) is 96.1 Å². The Morgan fingerprint density at radius 3 is 2.22 bits per heavy atom. The lowest BCUT2D eigenvalue weighted by molar-refractivity contribution is -0.128. The molecular weight excluding hydrogens is 655 g/mol. The number of alkyl carbamates (subject to hydrolysis) is 1. The first kappa shape index (κ1) is 39.2. The zero-order valence-electron chi connectivity index (χ0n) is 30.0. The molecular formula is C39H51FN4O7. The highest BCUT2D eigenvalue weighted by Gasteiger charge is 2.37. The molecule has 1 aliphatic carbocycles. The van der Waals surface area contributed by atoms with Crippen molar-refractivity contribution >= 4 is 17.9 Å². The second kappa shape index (κ2) is 18.1. The fourth-order valence-corrected chi connectivity index (χ4v) is 6.41. The van der Waals surface area contributed by atoms with E-state index in [9.17, 15) is 29.0 Å². The molecule has 12 heteroatoms. The lowest BCUT2D eigenvalue weighted by atomic mass is 9.85. The molecule has 1 fully saturated rings. The lowest BCUT2D eigenvalue weighted by Crippen LogP contribution is -2.58. The first-order valence-electron chi connectivity index (χ1n) is 17.4. The molecule has 0 spiro atoms. The van der Waals surface area contributed by atoms with Gasteiger partial charge in [0.1, 0.15) is 11.9 Å². The number of halogens is 1. The third-order valence-electron chi connectivity index (χ3n) is 9.43. The first-order chi connectivity index (χ1) is 24.3. The largest absolute Gasteiger partial charge is 0.481 e. The summed E-state index contributed by atoms with van der Waals surface area (Å²) in [6.45, 7) is 5.37. The third-order valence-corrected chi connectivity index (χ3v) is 9.43. The smallest absolute Gasteiger partial charge is 0.407 e. The van der Waals surface area contributed by atoms with Gasteiger partial charge >= 0.3 is 6.09 Å². The van der Waals surface area contributed by atoms with Crippen LogP contribution in [0.3, 0.4) is 0 Å². The number of hydrogen-bond donors (Lipinski definition) is 5. The Balaban J connectivity index is 1.62. The van der Waals surface area contributed by atoms with Gasteiger partial charge in [-0.3, -0.25) is 9.59 Å². The molecule has 2 aromatic carbocycles. The van der Waals surface area contributed by atoms with Gasteiger partial charge in [0.05, 0.1) is 38.5 Å². The van der Waals surface area contributed by atoms with Crippen molar-refractivity contribution in [1.82, 2.24) is 20.9 Å². The Bertz CT molecular complexity index is 1600. The van der Waals surface area contributed by atoms with Crippen molar-refractivity contribution in [3.63, 3.8) is 0 Å². The van der Waals surface area contributed by atoms with Gasteiger partial charge in [-0.1, -0.05) is 76.1 Å². The summed E-state index contributed by atoms with van der Waals surface area (Å²) >= 11 is 0. The maximum atomic E-state index is 14.9. The number of nitrogens with zero attached hydrogens (tertiary/aromatic N) is 1. The predicted molar refractivity (Wildman–Crippen MR) is 191 cm³/mol. The summed E-state index contributed by atoms with van der Waals surface area (Å²) in [6.07, 6.45) is 1.94. The minimum Gasteiger partial charge on any atom is -0.481 e. The van der Waals surface area contributed by atoms with Crippen molar-refractivity contribution in [3.8, 4) is 17.0 Å². The van der Waals surface area contributed by atoms with Crippen LogP contribution in [0.1, 0.15) is 64.0 Å². The van der Waals surface area contributed by atoms with Crippen molar-refractivity contribution < 1.29 is 38.5 Å². The van der Waals surface area contributed by atoms with E-state index in [4.69, 9.17) is 9.47 Å². The van der Waals surface area contributed by atoms with E-state index < -0.39 is 65.4 Å². The van der Waals surface area contributed by atoms with Crippen LogP contribution in [0.4, 0.5) is 9.18 Å². The lowest BCUT2D eigenvalue weighted by Gasteiger charge is -2.34. The van der Waals surface area contributed by atoms with Crippen LogP contribution in [-0.2, 0) is 27.2 Å². The van der Waals surface area contributed by atoms with Crippen molar-refractivity contribution in [2.75, 3.05) is 14.2 Å². The summed E-state index contributed by atoms with van der Waals surface area (Å²) in [6, 6.07) is 15.0. The summed E-state index contributed by atoms with van der Waals surface area (Å²) in [4.78, 5) is 44.1. The number of aliphatic hydroxyl groups excluding tert-OH is 2.